The molecule has 0 spiro atoms. The number of likely N-dealkylation sites (N-methyl/N-ethyl adjacent to an activating group) is 1. The van der Waals surface area contributed by atoms with Gasteiger partial charge in [0.25, 0.3) is 5.56 Å². The fraction of sp³-hybridized carbons (Fsp3) is 0.304. The van der Waals surface area contributed by atoms with Crippen LogP contribution in [0.25, 0.3) is 10.8 Å². The Hall–Kier alpha value is -3.19. The van der Waals surface area contributed by atoms with Crippen molar-refractivity contribution in [1.29, 1.82) is 0 Å². The third kappa shape index (κ3) is 4.94. The van der Waals surface area contributed by atoms with Gasteiger partial charge in [-0.1, -0.05) is 35.9 Å². The zero-order valence-corrected chi connectivity index (χ0v) is 18.6. The van der Waals surface area contributed by atoms with Crippen molar-refractivity contribution in [2.45, 2.75) is 33.7 Å². The summed E-state index contributed by atoms with van der Waals surface area (Å²) < 4.78 is 1.11. The van der Waals surface area contributed by atoms with Crippen molar-refractivity contribution < 1.29 is 9.59 Å². The maximum absolute atomic E-state index is 12.9. The fourth-order valence-electron chi connectivity index (χ4n) is 3.44. The van der Waals surface area contributed by atoms with Crippen LogP contribution in [0, 0.1) is 6.92 Å². The van der Waals surface area contributed by atoms with Crippen LogP contribution in [0.3, 0.4) is 0 Å². The van der Waals surface area contributed by atoms with Gasteiger partial charge in [-0.25, -0.2) is 4.68 Å². The molecule has 8 heteroatoms. The third-order valence-electron chi connectivity index (χ3n) is 5.21. The van der Waals surface area contributed by atoms with E-state index in [0.717, 1.165) is 10.2 Å². The molecule has 0 atom stereocenters. The number of rotatable bonds is 7. The SMILES string of the molecule is CCN(CC)C(=O)Cc1nn(CC(=O)Nc2cccc(Cl)c2C)c(=O)c2ccccc12. The van der Waals surface area contributed by atoms with E-state index in [9.17, 15) is 14.4 Å². The van der Waals surface area contributed by atoms with Gasteiger partial charge in [0.1, 0.15) is 6.54 Å². The Morgan fingerprint density at radius 2 is 1.74 bits per heavy atom. The van der Waals surface area contributed by atoms with Crippen molar-refractivity contribution in [2.24, 2.45) is 0 Å². The third-order valence-corrected chi connectivity index (χ3v) is 5.62. The maximum atomic E-state index is 12.9. The van der Waals surface area contributed by atoms with Crippen LogP contribution in [-0.2, 0) is 22.6 Å². The Morgan fingerprint density at radius 3 is 2.42 bits per heavy atom. The van der Waals surface area contributed by atoms with Gasteiger partial charge in [-0.05, 0) is 44.5 Å². The van der Waals surface area contributed by atoms with E-state index in [2.05, 4.69) is 10.4 Å². The van der Waals surface area contributed by atoms with Crippen molar-refractivity contribution in [1.82, 2.24) is 14.7 Å². The summed E-state index contributed by atoms with van der Waals surface area (Å²) in [4.78, 5) is 39.9. The average molecular weight is 441 g/mol. The minimum Gasteiger partial charge on any atom is -0.343 e. The fourth-order valence-corrected chi connectivity index (χ4v) is 3.62. The lowest BCUT2D eigenvalue weighted by molar-refractivity contribution is -0.130. The van der Waals surface area contributed by atoms with Gasteiger partial charge in [-0.3, -0.25) is 14.4 Å². The molecule has 0 saturated heterocycles. The highest BCUT2D eigenvalue weighted by molar-refractivity contribution is 6.31. The van der Waals surface area contributed by atoms with Crippen LogP contribution in [0.1, 0.15) is 25.1 Å². The molecule has 1 heterocycles. The molecule has 0 aliphatic heterocycles. The van der Waals surface area contributed by atoms with E-state index in [-0.39, 0.29) is 24.4 Å². The lowest BCUT2D eigenvalue weighted by atomic mass is 10.1. The molecule has 0 radical (unpaired) electrons. The molecule has 0 saturated carbocycles. The first-order valence-corrected chi connectivity index (χ1v) is 10.5. The summed E-state index contributed by atoms with van der Waals surface area (Å²) in [6, 6.07) is 12.2. The summed E-state index contributed by atoms with van der Waals surface area (Å²) in [6.07, 6.45) is 0.0531. The molecule has 3 aromatic rings. The summed E-state index contributed by atoms with van der Waals surface area (Å²) in [5.41, 5.74) is 1.40. The normalized spacial score (nSPS) is 10.8. The predicted octanol–water partition coefficient (Wildman–Crippen LogP) is 3.41. The van der Waals surface area contributed by atoms with Crippen molar-refractivity contribution >= 4 is 39.9 Å². The van der Waals surface area contributed by atoms with Crippen LogP contribution >= 0.6 is 11.6 Å². The number of hydrogen-bond acceptors (Lipinski definition) is 4. The van der Waals surface area contributed by atoms with Crippen molar-refractivity contribution in [3.8, 4) is 0 Å². The monoisotopic (exact) mass is 440 g/mol. The minimum absolute atomic E-state index is 0.0531. The highest BCUT2D eigenvalue weighted by Crippen LogP contribution is 2.23. The number of nitrogens with zero attached hydrogens (tertiary/aromatic N) is 3. The van der Waals surface area contributed by atoms with Gasteiger partial charge in [0.05, 0.1) is 17.5 Å². The molecular formula is C23H25ClN4O3. The van der Waals surface area contributed by atoms with Gasteiger partial charge >= 0.3 is 0 Å². The number of fused-ring (bicyclic) bond motifs is 1. The summed E-state index contributed by atoms with van der Waals surface area (Å²) in [7, 11) is 0. The topological polar surface area (TPSA) is 84.3 Å². The molecule has 0 aliphatic carbocycles. The molecule has 162 valence electrons. The lowest BCUT2D eigenvalue weighted by Gasteiger charge is -2.19. The molecule has 2 aromatic carbocycles. The van der Waals surface area contributed by atoms with Crippen LogP contribution in [0.4, 0.5) is 5.69 Å². The number of carbonyl (C=O) groups excluding carboxylic acids is 2. The number of halogens is 1. The molecule has 31 heavy (non-hydrogen) atoms. The zero-order valence-electron chi connectivity index (χ0n) is 17.8. The molecule has 1 aromatic heterocycles. The van der Waals surface area contributed by atoms with Crippen LogP contribution in [0.2, 0.25) is 5.02 Å². The number of anilines is 1. The minimum atomic E-state index is -0.406. The Labute approximate surface area is 185 Å². The smallest absolute Gasteiger partial charge is 0.275 e. The van der Waals surface area contributed by atoms with E-state index in [1.54, 1.807) is 54.3 Å². The van der Waals surface area contributed by atoms with E-state index in [4.69, 9.17) is 11.6 Å². The summed E-state index contributed by atoms with van der Waals surface area (Å²) in [6.45, 7) is 6.53. The number of nitrogens with one attached hydrogen (secondary N) is 1. The number of amides is 2. The molecule has 0 fully saturated rings. The van der Waals surface area contributed by atoms with Crippen LogP contribution in [0.15, 0.2) is 47.3 Å². The van der Waals surface area contributed by atoms with E-state index < -0.39 is 5.91 Å². The maximum Gasteiger partial charge on any atom is 0.275 e. The van der Waals surface area contributed by atoms with Gasteiger partial charge in [0.2, 0.25) is 11.8 Å². The van der Waals surface area contributed by atoms with E-state index >= 15 is 0 Å². The van der Waals surface area contributed by atoms with Gasteiger partial charge in [-0.15, -0.1) is 0 Å². The molecule has 3 rings (SSSR count). The summed E-state index contributed by atoms with van der Waals surface area (Å²) in [5.74, 6) is -0.483. The van der Waals surface area contributed by atoms with Crippen LogP contribution in [0.5, 0.6) is 0 Å². The zero-order chi connectivity index (χ0) is 22.5. The lowest BCUT2D eigenvalue weighted by Crippen LogP contribution is -2.34. The Balaban J connectivity index is 1.94. The molecular weight excluding hydrogens is 416 g/mol. The summed E-state index contributed by atoms with van der Waals surface area (Å²) >= 11 is 6.11. The second kappa shape index (κ2) is 9.75. The van der Waals surface area contributed by atoms with Gasteiger partial charge < -0.3 is 10.2 Å². The van der Waals surface area contributed by atoms with Gasteiger partial charge in [0, 0.05) is 29.2 Å². The first kappa shape index (κ1) is 22.5. The van der Waals surface area contributed by atoms with Gasteiger partial charge in [0.15, 0.2) is 0 Å². The molecule has 0 aliphatic rings. The first-order chi connectivity index (χ1) is 14.8. The quantitative estimate of drug-likeness (QED) is 0.610. The molecule has 2 amide bonds. The van der Waals surface area contributed by atoms with Crippen LogP contribution < -0.4 is 10.9 Å². The highest BCUT2D eigenvalue weighted by atomic mass is 35.5. The highest BCUT2D eigenvalue weighted by Gasteiger charge is 2.18. The molecule has 1 N–H and O–H groups in total. The number of aromatic nitrogens is 2. The second-order valence-corrected chi connectivity index (χ2v) is 7.57. The molecule has 7 nitrogen and oxygen atoms in total. The summed E-state index contributed by atoms with van der Waals surface area (Å²) in [5, 5.41) is 8.74. The average Bonchev–Trinajstić information content (AvgIpc) is 2.75. The van der Waals surface area contributed by atoms with E-state index in [1.165, 1.54) is 0 Å². The van der Waals surface area contributed by atoms with Crippen molar-refractivity contribution in [3.05, 3.63) is 69.1 Å². The largest absolute Gasteiger partial charge is 0.343 e. The van der Waals surface area contributed by atoms with Crippen molar-refractivity contribution in [3.63, 3.8) is 0 Å². The predicted molar refractivity (Wildman–Crippen MR) is 122 cm³/mol. The van der Waals surface area contributed by atoms with E-state index in [1.807, 2.05) is 13.8 Å². The van der Waals surface area contributed by atoms with Crippen molar-refractivity contribution in [2.75, 3.05) is 18.4 Å². The second-order valence-electron chi connectivity index (χ2n) is 7.16. The standard InChI is InChI=1S/C23H25ClN4O3/c1-4-27(5-2)22(30)13-20-16-9-6-7-10-17(16)23(31)28(26-20)14-21(29)25-19-12-8-11-18(24)15(19)3/h6-12H,4-5,13-14H2,1-3H3,(H,25,29). The Morgan fingerprint density at radius 1 is 1.06 bits per heavy atom. The van der Waals surface area contributed by atoms with Gasteiger partial charge in [-0.2, -0.15) is 5.10 Å². The first-order valence-electron chi connectivity index (χ1n) is 10.2. The number of benzene rings is 2. The number of hydrogen-bond donors (Lipinski definition) is 1. The van der Waals surface area contributed by atoms with E-state index in [0.29, 0.717) is 40.3 Å². The Bertz CT molecular complexity index is 1190. The Kier molecular flexibility index (Phi) is 7.07. The van der Waals surface area contributed by atoms with Crippen LogP contribution in [-0.4, -0.2) is 39.6 Å². The molecule has 0 unspecified atom stereocenters. The number of carbonyl (C=O) groups is 2. The molecule has 0 bridgehead atoms.